The number of anilines is 4. The fourth-order valence-corrected chi connectivity index (χ4v) is 17.8. The number of unbranched alkanes of at least 4 members (excludes halogenated alkanes) is 2. The Morgan fingerprint density at radius 1 is 0.359 bits per heavy atom. The van der Waals surface area contributed by atoms with Crippen molar-refractivity contribution in [2.24, 2.45) is 0 Å². The number of aryl methyl sites for hydroxylation is 3. The van der Waals surface area contributed by atoms with Crippen LogP contribution >= 0.6 is 15.9 Å². The number of nitrogens with one attached hydrogen (secondary N) is 4. The lowest BCUT2D eigenvalue weighted by molar-refractivity contribution is 0.0592. The van der Waals surface area contributed by atoms with E-state index in [1.807, 2.05) is 143 Å². The number of carboxylic acid groups (broad SMARTS) is 1. The summed E-state index contributed by atoms with van der Waals surface area (Å²) in [5.41, 5.74) is 20.3. The number of carbonyl (C=O) groups is 4. The number of fused-ring (bicyclic) bond motifs is 4. The second kappa shape index (κ2) is 51.4. The molecule has 4 aliphatic heterocycles. The summed E-state index contributed by atoms with van der Waals surface area (Å²) in [5, 5.41) is 27.7. The molecule has 4 aliphatic rings. The lowest BCUT2D eigenvalue weighted by atomic mass is 10.0. The minimum absolute atomic E-state index is 0.0704. The molecule has 16 rings (SSSR count). The Bertz CT molecular complexity index is 5490. The van der Waals surface area contributed by atoms with Crippen molar-refractivity contribution in [1.82, 2.24) is 64.4 Å². The third kappa shape index (κ3) is 28.3. The minimum Gasteiger partial charge on any atom is -0.478 e. The molecular formula is C106H134BrN17O7. The van der Waals surface area contributed by atoms with Gasteiger partial charge >= 0.3 is 17.9 Å². The first-order valence-electron chi connectivity index (χ1n) is 47.6. The van der Waals surface area contributed by atoms with E-state index in [9.17, 15) is 19.2 Å². The van der Waals surface area contributed by atoms with Gasteiger partial charge in [-0.3, -0.25) is 24.7 Å². The Morgan fingerprint density at radius 2 is 0.626 bits per heavy atom. The number of methoxy groups -OCH3 is 2. The average Bonchev–Trinajstić information content (AvgIpc) is 0.798. The third-order valence-corrected chi connectivity index (χ3v) is 25.4. The number of esters is 2. The average molecular weight is 1840 g/mol. The fourth-order valence-electron chi connectivity index (χ4n) is 17.3. The molecule has 131 heavy (non-hydrogen) atoms. The van der Waals surface area contributed by atoms with Crippen LogP contribution in [0.5, 0.6) is 0 Å². The van der Waals surface area contributed by atoms with Crippen molar-refractivity contribution in [3.8, 4) is 45.0 Å². The first kappa shape index (κ1) is 98.6. The summed E-state index contributed by atoms with van der Waals surface area (Å²) in [7, 11) is 2.77. The van der Waals surface area contributed by atoms with Gasteiger partial charge in [-0.2, -0.15) is 0 Å². The van der Waals surface area contributed by atoms with Crippen molar-refractivity contribution in [2.75, 3.05) is 153 Å². The monoisotopic (exact) mass is 1840 g/mol. The zero-order chi connectivity index (χ0) is 92.2. The van der Waals surface area contributed by atoms with Crippen LogP contribution in [0.4, 0.5) is 22.7 Å². The second-order valence-electron chi connectivity index (χ2n) is 34.5. The van der Waals surface area contributed by atoms with Crippen LogP contribution in [-0.4, -0.2) is 225 Å². The Kier molecular flexibility index (Phi) is 38.6. The molecule has 12 heterocycles. The minimum atomic E-state index is -0.925. The molecule has 8 aromatic heterocycles. The number of rotatable bonds is 32. The number of amides is 1. The first-order valence-corrected chi connectivity index (χ1v) is 48.4. The largest absolute Gasteiger partial charge is 0.478 e. The molecule has 24 nitrogen and oxygen atoms in total. The van der Waals surface area contributed by atoms with Crippen LogP contribution in [0.2, 0.25) is 0 Å². The molecule has 0 radical (unpaired) electrons. The fraction of sp³-hybridized carbons (Fsp3) is 0.434. The number of ether oxygens (including phenoxy) is 2. The number of hydrogen-bond donors (Lipinski definition) is 5. The summed E-state index contributed by atoms with van der Waals surface area (Å²) < 4.78 is 10.4. The standard InChI is InChI=1S/C28H37N5O.C25H30N4O2.C24H27BrN4O2.C24H28N4O2.C5H12/c1-4-33(5-2)28(34)23-12-10-22(11-13-23)25-18-26(24-20-29-19-21(3)27(24)31-25)30-14-9-17-32-15-7-6-8-16-32;1-18-16-26-17-21-23(27-11-6-14-29-12-4-3-5-13-29)15-22(28-24(18)21)19-7-9-20(10-8-19)25(30)31-2;1-31-24(30)18-8-6-17(7-9-18)21-14-22(19-15-26-16-20(25)23(19)28-21)27-10-5-13-29-11-3-2-4-12-29;1-17-15-25-16-20-22(26-10-5-13-28-11-3-2-4-12-28)14-21(27-23(17)20)18-6-8-19(9-7-18)24(29)30;1-3-5-4-2/h10-13,18-20H,4-9,14-17H2,1-3H3,(H,30,31);7-10,15-17H,3-6,11-14H2,1-2H3,(H,27,28);6-9,14-16H,2-5,10-13H2,1H3,(H,27,28);6-9,14-16H,2-5,10-13H2,1H3,(H,26,27)(H,29,30);3-5H2,1-2H3. The number of aromatic nitrogens is 8. The molecule has 12 aromatic rings. The van der Waals surface area contributed by atoms with Crippen molar-refractivity contribution >= 4 is 106 Å². The number of pyridine rings is 8. The van der Waals surface area contributed by atoms with Crippen molar-refractivity contribution in [1.29, 1.82) is 0 Å². The Hall–Kier alpha value is -11.5. The van der Waals surface area contributed by atoms with Gasteiger partial charge in [-0.1, -0.05) is 107 Å². The number of aromatic carboxylic acids is 1. The van der Waals surface area contributed by atoms with Crippen LogP contribution in [0.1, 0.15) is 208 Å². The van der Waals surface area contributed by atoms with E-state index in [4.69, 9.17) is 34.5 Å². The maximum atomic E-state index is 12.7. The molecule has 0 aliphatic carbocycles. The lowest BCUT2D eigenvalue weighted by Crippen LogP contribution is -2.31. The van der Waals surface area contributed by atoms with Crippen LogP contribution in [0, 0.1) is 20.8 Å². The number of hydrogen-bond acceptors (Lipinski definition) is 22. The van der Waals surface area contributed by atoms with Gasteiger partial charge in [0.25, 0.3) is 5.91 Å². The summed E-state index contributed by atoms with van der Waals surface area (Å²) in [6.45, 7) is 33.9. The van der Waals surface area contributed by atoms with E-state index in [1.54, 1.807) is 42.6 Å². The molecule has 4 saturated heterocycles. The number of likely N-dealkylation sites (tertiary alicyclic amines) is 4. The van der Waals surface area contributed by atoms with E-state index in [1.165, 1.54) is 163 Å². The van der Waals surface area contributed by atoms with Gasteiger partial charge in [-0.05, 0) is 296 Å². The van der Waals surface area contributed by atoms with Crippen LogP contribution in [-0.2, 0) is 9.47 Å². The zero-order valence-electron chi connectivity index (χ0n) is 78.4. The summed E-state index contributed by atoms with van der Waals surface area (Å²) in [6.07, 6.45) is 39.3. The quantitative estimate of drug-likeness (QED) is 0.0194. The van der Waals surface area contributed by atoms with Gasteiger partial charge in [0, 0.05) is 161 Å². The topological polar surface area (TPSA) is 274 Å². The Morgan fingerprint density at radius 3 is 0.893 bits per heavy atom. The summed E-state index contributed by atoms with van der Waals surface area (Å²) in [4.78, 5) is 96.4. The predicted molar refractivity (Wildman–Crippen MR) is 537 cm³/mol. The van der Waals surface area contributed by atoms with Crippen molar-refractivity contribution < 1.29 is 33.8 Å². The number of piperidine rings is 4. The molecule has 1 amide bonds. The van der Waals surface area contributed by atoms with Crippen molar-refractivity contribution in [2.45, 2.75) is 170 Å². The summed E-state index contributed by atoms with van der Waals surface area (Å²) in [5.74, 6) is -1.54. The first-order chi connectivity index (χ1) is 63.9. The number of carboxylic acids is 1. The van der Waals surface area contributed by atoms with Crippen LogP contribution < -0.4 is 21.3 Å². The van der Waals surface area contributed by atoms with Gasteiger partial charge in [0.2, 0.25) is 0 Å². The number of carbonyl (C=O) groups excluding carboxylic acids is 3. The van der Waals surface area contributed by atoms with Crippen LogP contribution in [0.15, 0.2) is 175 Å². The van der Waals surface area contributed by atoms with Crippen LogP contribution in [0.25, 0.3) is 88.6 Å². The van der Waals surface area contributed by atoms with Crippen LogP contribution in [0.3, 0.4) is 0 Å². The second-order valence-corrected chi connectivity index (χ2v) is 35.3. The van der Waals surface area contributed by atoms with Gasteiger partial charge in [-0.15, -0.1) is 0 Å². The van der Waals surface area contributed by atoms with Crippen molar-refractivity contribution in [3.05, 3.63) is 214 Å². The van der Waals surface area contributed by atoms with Gasteiger partial charge in [0.15, 0.2) is 0 Å². The Labute approximate surface area is 782 Å². The molecule has 0 bridgehead atoms. The molecular weight excluding hydrogens is 1700 g/mol. The smallest absolute Gasteiger partial charge is 0.337 e. The van der Waals surface area contributed by atoms with Crippen molar-refractivity contribution in [3.63, 3.8) is 0 Å². The van der Waals surface area contributed by atoms with E-state index >= 15 is 0 Å². The molecule has 692 valence electrons. The van der Waals surface area contributed by atoms with E-state index in [0.29, 0.717) is 29.8 Å². The SMILES string of the molecule is CCCCC.CCN(CC)C(=O)c1ccc(-c2cc(NCCCN3CCCCC3)c3cncc(C)c3n2)cc1.COC(=O)c1ccc(-c2cc(NCCCN3CCCCC3)c3cncc(Br)c3n2)cc1.COC(=O)c1ccc(-c2cc(NCCCN3CCCCC3)c3cncc(C)c3n2)cc1.Cc1cncc2c(NCCCN3CCCCC3)cc(-c3ccc(C(=O)O)cc3)nc12. The predicted octanol–water partition coefficient (Wildman–Crippen LogP) is 22.0. The molecule has 0 saturated carbocycles. The molecule has 4 fully saturated rings. The number of halogens is 1. The highest BCUT2D eigenvalue weighted by Crippen LogP contribution is 2.36. The zero-order valence-corrected chi connectivity index (χ0v) is 80.0. The van der Waals surface area contributed by atoms with E-state index in [2.05, 4.69) is 116 Å². The molecule has 0 spiro atoms. The van der Waals surface area contributed by atoms with E-state index in [0.717, 1.165) is 211 Å². The van der Waals surface area contributed by atoms with Gasteiger partial charge in [0.05, 0.1) is 80.2 Å². The normalized spacial score (nSPS) is 14.3. The van der Waals surface area contributed by atoms with E-state index < -0.39 is 5.97 Å². The molecule has 5 N–H and O–H groups in total. The number of benzene rings is 4. The highest BCUT2D eigenvalue weighted by molar-refractivity contribution is 9.10. The maximum absolute atomic E-state index is 12.7. The van der Waals surface area contributed by atoms with E-state index in [-0.39, 0.29) is 23.4 Å². The van der Waals surface area contributed by atoms with Gasteiger partial charge in [0.1, 0.15) is 0 Å². The van der Waals surface area contributed by atoms with Gasteiger partial charge in [-0.25, -0.2) is 34.3 Å². The third-order valence-electron chi connectivity index (χ3n) is 24.9. The highest BCUT2D eigenvalue weighted by Gasteiger charge is 2.21. The highest BCUT2D eigenvalue weighted by atomic mass is 79.9. The Balaban J connectivity index is 0.000000155. The summed E-state index contributed by atoms with van der Waals surface area (Å²) in [6, 6.07) is 37.7. The maximum Gasteiger partial charge on any atom is 0.337 e. The number of nitrogens with zero attached hydrogens (tertiary/aromatic N) is 13. The lowest BCUT2D eigenvalue weighted by Gasteiger charge is -2.26. The molecule has 4 aromatic carbocycles. The molecule has 25 heteroatoms. The molecule has 0 atom stereocenters. The van der Waals surface area contributed by atoms with Gasteiger partial charge < -0.3 is 60.3 Å². The molecule has 0 unspecified atom stereocenters. The summed E-state index contributed by atoms with van der Waals surface area (Å²) >= 11 is 3.59.